The molecule has 0 aliphatic carbocycles. The third kappa shape index (κ3) is 5.55. The summed E-state index contributed by atoms with van der Waals surface area (Å²) in [5.41, 5.74) is 1.15. The zero-order chi connectivity index (χ0) is 21.8. The zero-order valence-electron chi connectivity index (χ0n) is 17.0. The minimum absolute atomic E-state index is 0.274. The van der Waals surface area contributed by atoms with Crippen LogP contribution in [0.1, 0.15) is 12.5 Å². The number of amides is 1. The van der Waals surface area contributed by atoms with Crippen molar-refractivity contribution in [3.8, 4) is 11.5 Å². The highest BCUT2D eigenvalue weighted by Gasteiger charge is 2.31. The third-order valence-corrected chi connectivity index (χ3v) is 5.85. The lowest BCUT2D eigenvalue weighted by Crippen LogP contribution is -2.48. The maximum absolute atomic E-state index is 13.0. The lowest BCUT2D eigenvalue weighted by molar-refractivity contribution is -0.131. The third-order valence-electron chi connectivity index (χ3n) is 4.37. The van der Waals surface area contributed by atoms with Gasteiger partial charge in [0.25, 0.3) is 0 Å². The minimum Gasteiger partial charge on any atom is -0.493 e. The van der Waals surface area contributed by atoms with Crippen molar-refractivity contribution in [3.05, 3.63) is 53.1 Å². The topological polar surface area (TPSA) is 76.2 Å². The lowest BCUT2D eigenvalue weighted by atomic mass is 10.1. The molecule has 7 nitrogen and oxygen atoms in total. The molecule has 0 heterocycles. The Morgan fingerprint density at radius 1 is 1.10 bits per heavy atom. The number of hydrogen-bond donors (Lipinski definition) is 0. The second-order valence-corrected chi connectivity index (χ2v) is 8.89. The first-order valence-electron chi connectivity index (χ1n) is 8.79. The normalized spacial score (nSPS) is 12.2. The molecule has 2 rings (SSSR count). The quantitative estimate of drug-likeness (QED) is 0.630. The summed E-state index contributed by atoms with van der Waals surface area (Å²) in [5, 5.41) is 0.384. The number of carbonyl (C=O) groups is 1. The second-order valence-electron chi connectivity index (χ2n) is 6.60. The van der Waals surface area contributed by atoms with Gasteiger partial charge in [0.1, 0.15) is 6.04 Å². The van der Waals surface area contributed by atoms with Gasteiger partial charge in [-0.2, -0.15) is 0 Å². The van der Waals surface area contributed by atoms with Gasteiger partial charge in [-0.1, -0.05) is 23.7 Å². The molecule has 0 radical (unpaired) electrons. The van der Waals surface area contributed by atoms with E-state index in [9.17, 15) is 13.2 Å². The molecular weight excluding hydrogens is 416 g/mol. The SMILES string of the molecule is COc1ccc(CN(C)C(=O)C(C)N(c2cccc(Cl)c2)S(C)(=O)=O)cc1OC. The van der Waals surface area contributed by atoms with Crippen LogP contribution in [0.2, 0.25) is 5.02 Å². The fourth-order valence-corrected chi connectivity index (χ4v) is 4.41. The average molecular weight is 441 g/mol. The van der Waals surface area contributed by atoms with Gasteiger partial charge >= 0.3 is 0 Å². The van der Waals surface area contributed by atoms with E-state index in [4.69, 9.17) is 21.1 Å². The highest BCUT2D eigenvalue weighted by atomic mass is 35.5. The van der Waals surface area contributed by atoms with E-state index in [1.54, 1.807) is 51.4 Å². The lowest BCUT2D eigenvalue weighted by Gasteiger charge is -2.31. The Bertz CT molecular complexity index is 981. The molecule has 1 amide bonds. The number of anilines is 1. The molecule has 1 atom stereocenters. The molecule has 0 saturated heterocycles. The molecule has 9 heteroatoms. The monoisotopic (exact) mass is 440 g/mol. The van der Waals surface area contributed by atoms with Gasteiger partial charge in [-0.15, -0.1) is 0 Å². The van der Waals surface area contributed by atoms with E-state index in [1.807, 2.05) is 6.07 Å². The molecule has 2 aromatic rings. The smallest absolute Gasteiger partial charge is 0.246 e. The second kappa shape index (κ2) is 9.37. The largest absolute Gasteiger partial charge is 0.493 e. The number of nitrogens with zero attached hydrogens (tertiary/aromatic N) is 2. The molecule has 158 valence electrons. The van der Waals surface area contributed by atoms with Crippen LogP contribution in [0.5, 0.6) is 11.5 Å². The van der Waals surface area contributed by atoms with Crippen LogP contribution in [-0.2, 0) is 21.4 Å². The minimum atomic E-state index is -3.71. The summed E-state index contributed by atoms with van der Waals surface area (Å²) in [5.74, 6) is 0.781. The molecule has 0 fully saturated rings. The molecule has 0 N–H and O–H groups in total. The van der Waals surface area contributed by atoms with E-state index in [-0.39, 0.29) is 12.5 Å². The predicted octanol–water partition coefficient (Wildman–Crippen LogP) is 3.17. The number of halogens is 1. The highest BCUT2D eigenvalue weighted by molar-refractivity contribution is 7.92. The van der Waals surface area contributed by atoms with E-state index < -0.39 is 16.1 Å². The van der Waals surface area contributed by atoms with Crippen LogP contribution in [0, 0.1) is 0 Å². The fourth-order valence-electron chi connectivity index (χ4n) is 3.07. The van der Waals surface area contributed by atoms with Crippen LogP contribution < -0.4 is 13.8 Å². The molecule has 0 saturated carbocycles. The van der Waals surface area contributed by atoms with Crippen molar-refractivity contribution >= 4 is 33.2 Å². The number of carbonyl (C=O) groups excluding carboxylic acids is 1. The maximum atomic E-state index is 13.0. The predicted molar refractivity (Wildman–Crippen MR) is 114 cm³/mol. The fraction of sp³-hybridized carbons (Fsp3) is 0.350. The van der Waals surface area contributed by atoms with Gasteiger partial charge in [0, 0.05) is 18.6 Å². The van der Waals surface area contributed by atoms with Gasteiger partial charge < -0.3 is 14.4 Å². The summed E-state index contributed by atoms with van der Waals surface area (Å²) >= 11 is 6.01. The molecule has 0 bridgehead atoms. The van der Waals surface area contributed by atoms with Crippen LogP contribution in [0.3, 0.4) is 0 Å². The number of hydrogen-bond acceptors (Lipinski definition) is 5. The van der Waals surface area contributed by atoms with E-state index in [0.717, 1.165) is 16.1 Å². The molecule has 0 aliphatic heterocycles. The van der Waals surface area contributed by atoms with E-state index in [0.29, 0.717) is 22.2 Å². The first-order valence-corrected chi connectivity index (χ1v) is 11.0. The maximum Gasteiger partial charge on any atom is 0.246 e. The molecular formula is C20H25ClN2O5S. The summed E-state index contributed by atoms with van der Waals surface area (Å²) in [6.07, 6.45) is 1.06. The summed E-state index contributed by atoms with van der Waals surface area (Å²) in [6, 6.07) is 10.8. The summed E-state index contributed by atoms with van der Waals surface area (Å²) in [4.78, 5) is 14.5. The van der Waals surface area contributed by atoms with E-state index >= 15 is 0 Å². The number of methoxy groups -OCH3 is 2. The number of benzene rings is 2. The standard InChI is InChI=1S/C20H25ClN2O5S/c1-14(23(29(5,25)26)17-8-6-7-16(21)12-17)20(24)22(2)13-15-9-10-18(27-3)19(11-15)28-4/h6-12,14H,13H2,1-5H3. The van der Waals surface area contributed by atoms with E-state index in [2.05, 4.69) is 0 Å². The molecule has 1 unspecified atom stereocenters. The van der Waals surface area contributed by atoms with Gasteiger partial charge in [0.05, 0.1) is 26.2 Å². The summed E-state index contributed by atoms with van der Waals surface area (Å²) in [7, 11) is 0.986. The van der Waals surface area contributed by atoms with Crippen LogP contribution in [-0.4, -0.2) is 52.8 Å². The van der Waals surface area contributed by atoms with Gasteiger partial charge in [0.2, 0.25) is 15.9 Å². The van der Waals surface area contributed by atoms with Gasteiger partial charge in [-0.3, -0.25) is 9.10 Å². The Balaban J connectivity index is 2.26. The Labute approximate surface area is 176 Å². The van der Waals surface area contributed by atoms with Crippen molar-refractivity contribution < 1.29 is 22.7 Å². The highest BCUT2D eigenvalue weighted by Crippen LogP contribution is 2.28. The average Bonchev–Trinajstić information content (AvgIpc) is 2.66. The summed E-state index contributed by atoms with van der Waals surface area (Å²) < 4.78 is 36.4. The molecule has 0 aromatic heterocycles. The number of rotatable bonds is 8. The van der Waals surface area contributed by atoms with Crippen LogP contribution >= 0.6 is 11.6 Å². The first-order chi connectivity index (χ1) is 13.6. The van der Waals surface area contributed by atoms with Crippen molar-refractivity contribution in [1.82, 2.24) is 4.90 Å². The van der Waals surface area contributed by atoms with Gasteiger partial charge in [-0.25, -0.2) is 8.42 Å². The number of ether oxygens (including phenoxy) is 2. The Morgan fingerprint density at radius 3 is 2.31 bits per heavy atom. The van der Waals surface area contributed by atoms with Crippen molar-refractivity contribution in [2.45, 2.75) is 19.5 Å². The molecule has 29 heavy (non-hydrogen) atoms. The van der Waals surface area contributed by atoms with Gasteiger partial charge in [0.15, 0.2) is 11.5 Å². The Morgan fingerprint density at radius 2 is 1.76 bits per heavy atom. The van der Waals surface area contributed by atoms with Crippen molar-refractivity contribution in [1.29, 1.82) is 0 Å². The summed E-state index contributed by atoms with van der Waals surface area (Å²) in [6.45, 7) is 1.83. The zero-order valence-corrected chi connectivity index (χ0v) is 18.6. The molecule has 0 aliphatic rings. The van der Waals surface area contributed by atoms with Crippen LogP contribution in [0.15, 0.2) is 42.5 Å². The Kier molecular flexibility index (Phi) is 7.37. The molecule has 0 spiro atoms. The molecule has 2 aromatic carbocycles. The van der Waals surface area contributed by atoms with Crippen molar-refractivity contribution in [2.24, 2.45) is 0 Å². The van der Waals surface area contributed by atoms with Crippen LogP contribution in [0.25, 0.3) is 0 Å². The Hall–Kier alpha value is -2.45. The van der Waals surface area contributed by atoms with Crippen LogP contribution in [0.4, 0.5) is 5.69 Å². The number of likely N-dealkylation sites (N-methyl/N-ethyl adjacent to an activating group) is 1. The van der Waals surface area contributed by atoms with Gasteiger partial charge in [-0.05, 0) is 42.8 Å². The number of sulfonamides is 1. The van der Waals surface area contributed by atoms with E-state index in [1.165, 1.54) is 18.1 Å². The van der Waals surface area contributed by atoms with Crippen molar-refractivity contribution in [2.75, 3.05) is 31.8 Å². The first kappa shape index (κ1) is 22.8. The van der Waals surface area contributed by atoms with Crippen molar-refractivity contribution in [3.63, 3.8) is 0 Å².